The third kappa shape index (κ3) is 6.93. The molecule has 142 valence electrons. The molecule has 0 aliphatic rings. The lowest BCUT2D eigenvalue weighted by atomic mass is 10.1. The fourth-order valence-electron chi connectivity index (χ4n) is 2.44. The van der Waals surface area contributed by atoms with Crippen LogP contribution in [0, 0.1) is 0 Å². The second-order valence-electron chi connectivity index (χ2n) is 6.19. The molecule has 0 fully saturated rings. The number of hydrogen-bond donors (Lipinski definition) is 2. The minimum Gasteiger partial charge on any atom is -0.484 e. The Balaban J connectivity index is 1.78. The van der Waals surface area contributed by atoms with E-state index in [1.807, 2.05) is 18.2 Å². The Hall–Kier alpha value is -3.15. The normalized spacial score (nSPS) is 10.1. The molecule has 0 bridgehead atoms. The smallest absolute Gasteiger partial charge is 0.258 e. The van der Waals surface area contributed by atoms with Crippen LogP contribution in [-0.2, 0) is 22.6 Å². The molecule has 0 spiro atoms. The first-order valence-corrected chi connectivity index (χ1v) is 8.77. The maximum Gasteiger partial charge on any atom is 0.258 e. The zero-order valence-corrected chi connectivity index (χ0v) is 15.6. The van der Waals surface area contributed by atoms with Crippen LogP contribution in [0.5, 0.6) is 5.75 Å². The Morgan fingerprint density at radius 3 is 2.41 bits per heavy atom. The van der Waals surface area contributed by atoms with E-state index in [0.717, 1.165) is 11.1 Å². The zero-order valence-electron chi connectivity index (χ0n) is 15.6. The Morgan fingerprint density at radius 1 is 1.00 bits per heavy atom. The van der Waals surface area contributed by atoms with E-state index in [-0.39, 0.29) is 24.2 Å². The molecule has 2 rings (SSSR count). The summed E-state index contributed by atoms with van der Waals surface area (Å²) in [7, 11) is 1.57. The molecule has 6 heteroatoms. The lowest BCUT2D eigenvalue weighted by Gasteiger charge is -2.09. The van der Waals surface area contributed by atoms with Gasteiger partial charge in [0.25, 0.3) is 11.8 Å². The van der Waals surface area contributed by atoms with Gasteiger partial charge in [0, 0.05) is 25.6 Å². The van der Waals surface area contributed by atoms with E-state index in [1.165, 1.54) is 0 Å². The summed E-state index contributed by atoms with van der Waals surface area (Å²) in [5, 5.41) is 5.33. The number of ketones is 1. The van der Waals surface area contributed by atoms with Crippen LogP contribution in [0.1, 0.15) is 34.8 Å². The van der Waals surface area contributed by atoms with Crippen molar-refractivity contribution in [1.82, 2.24) is 10.6 Å². The number of Topliss-reactive ketones (excluding diaryl/α,β-unsaturated/α-hetero) is 1. The second-order valence-corrected chi connectivity index (χ2v) is 6.19. The van der Waals surface area contributed by atoms with E-state index >= 15 is 0 Å². The number of rotatable bonds is 9. The molecule has 0 aromatic heterocycles. The van der Waals surface area contributed by atoms with Crippen LogP contribution < -0.4 is 15.4 Å². The highest BCUT2D eigenvalue weighted by molar-refractivity contribution is 5.94. The SMILES string of the molecule is CNC(=O)c1cccc(CNC(=O)COc2ccc(CCC(C)=O)cc2)c1. The molecule has 0 saturated heterocycles. The maximum absolute atomic E-state index is 12.0. The van der Waals surface area contributed by atoms with Crippen molar-refractivity contribution in [3.8, 4) is 5.75 Å². The van der Waals surface area contributed by atoms with Crippen molar-refractivity contribution in [2.75, 3.05) is 13.7 Å². The molecule has 0 aliphatic heterocycles. The van der Waals surface area contributed by atoms with Gasteiger partial charge in [-0.05, 0) is 48.7 Å². The zero-order chi connectivity index (χ0) is 19.6. The lowest BCUT2D eigenvalue weighted by molar-refractivity contribution is -0.123. The first kappa shape index (κ1) is 20.2. The van der Waals surface area contributed by atoms with Gasteiger partial charge in [-0.2, -0.15) is 0 Å². The highest BCUT2D eigenvalue weighted by Gasteiger charge is 2.06. The number of nitrogens with one attached hydrogen (secondary N) is 2. The third-order valence-electron chi connectivity index (χ3n) is 3.96. The van der Waals surface area contributed by atoms with Crippen LogP contribution in [0.15, 0.2) is 48.5 Å². The molecule has 27 heavy (non-hydrogen) atoms. The average Bonchev–Trinajstić information content (AvgIpc) is 2.69. The molecular weight excluding hydrogens is 344 g/mol. The van der Waals surface area contributed by atoms with E-state index in [9.17, 15) is 14.4 Å². The van der Waals surface area contributed by atoms with Crippen molar-refractivity contribution >= 4 is 17.6 Å². The Morgan fingerprint density at radius 2 is 1.74 bits per heavy atom. The predicted octanol–water partition coefficient (Wildman–Crippen LogP) is 2.26. The fraction of sp³-hybridized carbons (Fsp3) is 0.286. The van der Waals surface area contributed by atoms with E-state index < -0.39 is 0 Å². The molecule has 0 aliphatic carbocycles. The Labute approximate surface area is 158 Å². The number of aryl methyl sites for hydroxylation is 1. The van der Waals surface area contributed by atoms with Gasteiger partial charge in [-0.25, -0.2) is 0 Å². The van der Waals surface area contributed by atoms with Crippen molar-refractivity contribution in [3.05, 3.63) is 65.2 Å². The van der Waals surface area contributed by atoms with Crippen LogP contribution in [0.3, 0.4) is 0 Å². The summed E-state index contributed by atoms with van der Waals surface area (Å²) in [6, 6.07) is 14.4. The van der Waals surface area contributed by atoms with Crippen molar-refractivity contribution in [2.45, 2.75) is 26.3 Å². The minimum absolute atomic E-state index is 0.0953. The largest absolute Gasteiger partial charge is 0.484 e. The van der Waals surface area contributed by atoms with E-state index in [2.05, 4.69) is 10.6 Å². The van der Waals surface area contributed by atoms with Crippen molar-refractivity contribution < 1.29 is 19.1 Å². The fourth-order valence-corrected chi connectivity index (χ4v) is 2.44. The van der Waals surface area contributed by atoms with Crippen molar-refractivity contribution in [3.63, 3.8) is 0 Å². The lowest BCUT2D eigenvalue weighted by Crippen LogP contribution is -2.28. The van der Waals surface area contributed by atoms with Gasteiger partial charge in [0.15, 0.2) is 6.61 Å². The van der Waals surface area contributed by atoms with Crippen LogP contribution in [0.2, 0.25) is 0 Å². The maximum atomic E-state index is 12.0. The van der Waals surface area contributed by atoms with Crippen LogP contribution in [-0.4, -0.2) is 31.3 Å². The number of amides is 2. The van der Waals surface area contributed by atoms with Gasteiger partial charge in [0.1, 0.15) is 11.5 Å². The van der Waals surface area contributed by atoms with Gasteiger partial charge in [-0.1, -0.05) is 24.3 Å². The molecule has 2 amide bonds. The molecule has 2 N–H and O–H groups in total. The van der Waals surface area contributed by atoms with Gasteiger partial charge in [-0.15, -0.1) is 0 Å². The highest BCUT2D eigenvalue weighted by atomic mass is 16.5. The van der Waals surface area contributed by atoms with Crippen LogP contribution in [0.25, 0.3) is 0 Å². The van der Waals surface area contributed by atoms with Gasteiger partial charge in [0.05, 0.1) is 0 Å². The summed E-state index contributed by atoms with van der Waals surface area (Å²) in [4.78, 5) is 34.6. The van der Waals surface area contributed by atoms with Gasteiger partial charge in [0.2, 0.25) is 0 Å². The molecule has 2 aromatic carbocycles. The van der Waals surface area contributed by atoms with Gasteiger partial charge in [-0.3, -0.25) is 9.59 Å². The molecule has 2 aromatic rings. The Kier molecular flexibility index (Phi) is 7.55. The number of carbonyl (C=O) groups excluding carboxylic acids is 3. The molecule has 0 heterocycles. The third-order valence-corrected chi connectivity index (χ3v) is 3.96. The monoisotopic (exact) mass is 368 g/mol. The minimum atomic E-state index is -0.249. The van der Waals surface area contributed by atoms with Gasteiger partial charge < -0.3 is 20.2 Å². The van der Waals surface area contributed by atoms with Gasteiger partial charge >= 0.3 is 0 Å². The number of ether oxygens (including phenoxy) is 1. The molecular formula is C21H24N2O4. The molecule has 0 atom stereocenters. The quantitative estimate of drug-likeness (QED) is 0.711. The van der Waals surface area contributed by atoms with Crippen molar-refractivity contribution in [1.29, 1.82) is 0 Å². The topological polar surface area (TPSA) is 84.5 Å². The Bertz CT molecular complexity index is 800. The summed E-state index contributed by atoms with van der Waals surface area (Å²) >= 11 is 0. The van der Waals surface area contributed by atoms with Crippen LogP contribution in [0.4, 0.5) is 0 Å². The number of carbonyl (C=O) groups is 3. The summed E-state index contributed by atoms with van der Waals surface area (Å²) < 4.78 is 5.47. The molecule has 0 radical (unpaired) electrons. The van der Waals surface area contributed by atoms with Crippen LogP contribution >= 0.6 is 0 Å². The molecule has 0 saturated carbocycles. The number of benzene rings is 2. The molecule has 0 unspecified atom stereocenters. The highest BCUT2D eigenvalue weighted by Crippen LogP contribution is 2.13. The second kappa shape index (κ2) is 10.1. The first-order chi connectivity index (χ1) is 13.0. The standard InChI is InChI=1S/C21H24N2O4/c1-15(24)6-7-16-8-10-19(11-9-16)27-14-20(25)23-13-17-4-3-5-18(12-17)21(26)22-2/h3-5,8-12H,6-7,13-14H2,1-2H3,(H,22,26)(H,23,25). The van der Waals surface area contributed by atoms with E-state index in [4.69, 9.17) is 4.74 Å². The first-order valence-electron chi connectivity index (χ1n) is 8.77. The summed E-state index contributed by atoms with van der Waals surface area (Å²) in [5.74, 6) is 0.338. The predicted molar refractivity (Wildman–Crippen MR) is 103 cm³/mol. The summed E-state index contributed by atoms with van der Waals surface area (Å²) in [6.45, 7) is 1.80. The number of hydrogen-bond acceptors (Lipinski definition) is 4. The average molecular weight is 368 g/mol. The summed E-state index contributed by atoms with van der Waals surface area (Å²) in [6.07, 6.45) is 1.22. The molecule has 6 nitrogen and oxygen atoms in total. The summed E-state index contributed by atoms with van der Waals surface area (Å²) in [5.41, 5.74) is 2.43. The van der Waals surface area contributed by atoms with E-state index in [0.29, 0.717) is 30.7 Å². The van der Waals surface area contributed by atoms with E-state index in [1.54, 1.807) is 44.3 Å². The van der Waals surface area contributed by atoms with Crippen molar-refractivity contribution in [2.24, 2.45) is 0 Å².